The second-order valence-electron chi connectivity index (χ2n) is 4.57. The molecule has 0 amide bonds. The number of hydrogen-bond acceptors (Lipinski definition) is 4. The van der Waals surface area contributed by atoms with E-state index in [1.165, 1.54) is 7.11 Å². The summed E-state index contributed by atoms with van der Waals surface area (Å²) in [4.78, 5) is 16.1. The Bertz CT molecular complexity index is 625. The Morgan fingerprint density at radius 3 is 3.00 bits per heavy atom. The molecule has 0 aliphatic rings. The van der Waals surface area contributed by atoms with Crippen LogP contribution in [0.15, 0.2) is 30.6 Å². The van der Waals surface area contributed by atoms with Crippen molar-refractivity contribution in [1.29, 1.82) is 0 Å². The van der Waals surface area contributed by atoms with Gasteiger partial charge < -0.3 is 14.6 Å². The standard InChI is InChI=1S/C15H18ClN3O2/c1-3-7-19-8-6-17-14(19)10-18-13-5-4-11(16)9-12(13)15(20)21-2/h4-6,8-9,18H,3,7,10H2,1-2H3. The van der Waals surface area contributed by atoms with Gasteiger partial charge in [0.1, 0.15) is 5.82 Å². The van der Waals surface area contributed by atoms with Crippen molar-refractivity contribution in [2.75, 3.05) is 12.4 Å². The monoisotopic (exact) mass is 307 g/mol. The molecule has 2 aromatic rings. The van der Waals surface area contributed by atoms with E-state index >= 15 is 0 Å². The second kappa shape index (κ2) is 7.13. The fraction of sp³-hybridized carbons (Fsp3) is 0.333. The van der Waals surface area contributed by atoms with Crippen molar-refractivity contribution >= 4 is 23.3 Å². The largest absolute Gasteiger partial charge is 0.465 e. The summed E-state index contributed by atoms with van der Waals surface area (Å²) < 4.78 is 6.86. The average Bonchev–Trinajstić information content (AvgIpc) is 2.93. The molecular formula is C15H18ClN3O2. The summed E-state index contributed by atoms with van der Waals surface area (Å²) in [6.07, 6.45) is 4.76. The first-order valence-electron chi connectivity index (χ1n) is 6.77. The van der Waals surface area contributed by atoms with Gasteiger partial charge in [0.15, 0.2) is 0 Å². The molecule has 2 rings (SSSR count). The van der Waals surface area contributed by atoms with Gasteiger partial charge in [-0.15, -0.1) is 0 Å². The van der Waals surface area contributed by atoms with Gasteiger partial charge in [0.2, 0.25) is 0 Å². The number of anilines is 1. The molecule has 0 saturated heterocycles. The topological polar surface area (TPSA) is 56.2 Å². The summed E-state index contributed by atoms with van der Waals surface area (Å²) in [6.45, 7) is 3.56. The summed E-state index contributed by atoms with van der Waals surface area (Å²) in [5, 5.41) is 3.71. The van der Waals surface area contributed by atoms with Crippen molar-refractivity contribution in [3.63, 3.8) is 0 Å². The summed E-state index contributed by atoms with van der Waals surface area (Å²) in [7, 11) is 1.35. The fourth-order valence-electron chi connectivity index (χ4n) is 2.08. The van der Waals surface area contributed by atoms with E-state index in [2.05, 4.69) is 21.8 Å². The van der Waals surface area contributed by atoms with E-state index in [0.717, 1.165) is 18.8 Å². The first-order chi connectivity index (χ1) is 10.2. The van der Waals surface area contributed by atoms with E-state index in [4.69, 9.17) is 16.3 Å². The molecular weight excluding hydrogens is 290 g/mol. The predicted octanol–water partition coefficient (Wildman–Crippen LogP) is 3.35. The SMILES string of the molecule is CCCn1ccnc1CNc1ccc(Cl)cc1C(=O)OC. The van der Waals surface area contributed by atoms with Crippen molar-refractivity contribution in [2.45, 2.75) is 26.4 Å². The highest BCUT2D eigenvalue weighted by Crippen LogP contribution is 2.22. The van der Waals surface area contributed by atoms with Crippen LogP contribution in [0.1, 0.15) is 29.5 Å². The molecule has 1 aromatic carbocycles. The van der Waals surface area contributed by atoms with Gasteiger partial charge in [-0.3, -0.25) is 0 Å². The van der Waals surface area contributed by atoms with Crippen LogP contribution in [-0.4, -0.2) is 22.6 Å². The molecule has 6 heteroatoms. The quantitative estimate of drug-likeness (QED) is 0.832. The molecule has 0 bridgehead atoms. The molecule has 1 aromatic heterocycles. The van der Waals surface area contributed by atoms with Gasteiger partial charge in [-0.05, 0) is 24.6 Å². The zero-order valence-electron chi connectivity index (χ0n) is 12.1. The molecule has 1 heterocycles. The van der Waals surface area contributed by atoms with E-state index in [1.807, 2.05) is 6.20 Å². The van der Waals surface area contributed by atoms with Crippen LogP contribution in [0.4, 0.5) is 5.69 Å². The molecule has 112 valence electrons. The Hall–Kier alpha value is -2.01. The second-order valence-corrected chi connectivity index (χ2v) is 5.01. The molecule has 1 N–H and O–H groups in total. The number of halogens is 1. The highest BCUT2D eigenvalue weighted by Gasteiger charge is 2.13. The number of nitrogens with one attached hydrogen (secondary N) is 1. The molecule has 0 aliphatic heterocycles. The lowest BCUT2D eigenvalue weighted by Crippen LogP contribution is -2.11. The highest BCUT2D eigenvalue weighted by atomic mass is 35.5. The van der Waals surface area contributed by atoms with Gasteiger partial charge >= 0.3 is 5.97 Å². The first kappa shape index (κ1) is 15.4. The lowest BCUT2D eigenvalue weighted by Gasteiger charge is -2.12. The van der Waals surface area contributed by atoms with Crippen molar-refractivity contribution in [1.82, 2.24) is 9.55 Å². The third-order valence-corrected chi connectivity index (χ3v) is 3.33. The van der Waals surface area contributed by atoms with Gasteiger partial charge in [-0.2, -0.15) is 0 Å². The summed E-state index contributed by atoms with van der Waals surface area (Å²) in [5.74, 6) is 0.500. The van der Waals surface area contributed by atoms with Crippen LogP contribution in [0.2, 0.25) is 5.02 Å². The molecule has 0 fully saturated rings. The van der Waals surface area contributed by atoms with E-state index in [0.29, 0.717) is 22.8 Å². The molecule has 0 spiro atoms. The van der Waals surface area contributed by atoms with Crippen LogP contribution in [0.25, 0.3) is 0 Å². The van der Waals surface area contributed by atoms with Gasteiger partial charge in [-0.25, -0.2) is 9.78 Å². The predicted molar refractivity (Wildman–Crippen MR) is 82.6 cm³/mol. The number of ether oxygens (including phenoxy) is 1. The van der Waals surface area contributed by atoms with E-state index in [-0.39, 0.29) is 0 Å². The van der Waals surface area contributed by atoms with Gasteiger partial charge in [-0.1, -0.05) is 18.5 Å². The number of imidazole rings is 1. The summed E-state index contributed by atoms with van der Waals surface area (Å²) in [6, 6.07) is 5.09. The maximum atomic E-state index is 11.8. The number of carbonyl (C=O) groups is 1. The fourth-order valence-corrected chi connectivity index (χ4v) is 2.25. The Morgan fingerprint density at radius 2 is 2.29 bits per heavy atom. The number of hydrogen-bond donors (Lipinski definition) is 1. The van der Waals surface area contributed by atoms with Crippen LogP contribution in [0, 0.1) is 0 Å². The van der Waals surface area contributed by atoms with Crippen molar-refractivity contribution in [3.05, 3.63) is 47.0 Å². The number of methoxy groups -OCH3 is 1. The highest BCUT2D eigenvalue weighted by molar-refractivity contribution is 6.31. The Labute approximate surface area is 128 Å². The maximum absolute atomic E-state index is 11.8. The normalized spacial score (nSPS) is 10.4. The number of carbonyl (C=O) groups excluding carboxylic acids is 1. The zero-order valence-corrected chi connectivity index (χ0v) is 12.9. The van der Waals surface area contributed by atoms with Crippen LogP contribution >= 0.6 is 11.6 Å². The minimum Gasteiger partial charge on any atom is -0.465 e. The Kier molecular flexibility index (Phi) is 5.22. The van der Waals surface area contributed by atoms with E-state index in [1.54, 1.807) is 24.4 Å². The average molecular weight is 308 g/mol. The van der Waals surface area contributed by atoms with Crippen molar-refractivity contribution in [2.24, 2.45) is 0 Å². The van der Waals surface area contributed by atoms with Gasteiger partial charge in [0, 0.05) is 29.6 Å². The van der Waals surface area contributed by atoms with Crippen molar-refractivity contribution < 1.29 is 9.53 Å². The molecule has 0 atom stereocenters. The van der Waals surface area contributed by atoms with Crippen LogP contribution in [-0.2, 0) is 17.8 Å². The molecule has 0 saturated carbocycles. The minimum absolute atomic E-state index is 0.415. The van der Waals surface area contributed by atoms with Gasteiger partial charge in [0.25, 0.3) is 0 Å². The van der Waals surface area contributed by atoms with Crippen LogP contribution in [0.3, 0.4) is 0 Å². The number of nitrogens with zero attached hydrogens (tertiary/aromatic N) is 2. The molecule has 0 unspecified atom stereocenters. The minimum atomic E-state index is -0.420. The van der Waals surface area contributed by atoms with Crippen LogP contribution < -0.4 is 5.32 Å². The summed E-state index contributed by atoms with van der Waals surface area (Å²) >= 11 is 5.93. The zero-order chi connectivity index (χ0) is 15.2. The number of aromatic nitrogens is 2. The maximum Gasteiger partial charge on any atom is 0.340 e. The molecule has 21 heavy (non-hydrogen) atoms. The smallest absolute Gasteiger partial charge is 0.340 e. The third kappa shape index (κ3) is 3.76. The lowest BCUT2D eigenvalue weighted by atomic mass is 10.2. The van der Waals surface area contributed by atoms with E-state index < -0.39 is 5.97 Å². The van der Waals surface area contributed by atoms with Crippen molar-refractivity contribution in [3.8, 4) is 0 Å². The Morgan fingerprint density at radius 1 is 1.48 bits per heavy atom. The molecule has 5 nitrogen and oxygen atoms in total. The number of aryl methyl sites for hydroxylation is 1. The lowest BCUT2D eigenvalue weighted by molar-refractivity contribution is 0.0602. The third-order valence-electron chi connectivity index (χ3n) is 3.09. The molecule has 0 radical (unpaired) electrons. The van der Waals surface area contributed by atoms with Crippen LogP contribution in [0.5, 0.6) is 0 Å². The number of rotatable bonds is 6. The number of esters is 1. The van der Waals surface area contributed by atoms with Gasteiger partial charge in [0.05, 0.1) is 19.2 Å². The summed E-state index contributed by atoms with van der Waals surface area (Å²) in [5.41, 5.74) is 1.09. The van der Waals surface area contributed by atoms with E-state index in [9.17, 15) is 4.79 Å². The molecule has 0 aliphatic carbocycles. The Balaban J connectivity index is 2.16. The number of benzene rings is 1. The first-order valence-corrected chi connectivity index (χ1v) is 7.15.